The number of pyridine rings is 1. The van der Waals surface area contributed by atoms with Crippen LogP contribution >= 0.6 is 0 Å². The van der Waals surface area contributed by atoms with E-state index in [0.717, 1.165) is 16.5 Å². The van der Waals surface area contributed by atoms with Crippen LogP contribution in [0.1, 0.15) is 5.56 Å². The van der Waals surface area contributed by atoms with Gasteiger partial charge in [0.05, 0.1) is 12.1 Å². The summed E-state index contributed by atoms with van der Waals surface area (Å²) < 4.78 is 3.31. The number of imidazole rings is 1. The summed E-state index contributed by atoms with van der Waals surface area (Å²) in [5, 5.41) is 19.5. The smallest absolute Gasteiger partial charge is 0.358 e. The Morgan fingerprint density at radius 2 is 2.04 bits per heavy atom. The zero-order valence-corrected chi connectivity index (χ0v) is 13.9. The van der Waals surface area contributed by atoms with Crippen LogP contribution in [0.5, 0.6) is 0 Å². The van der Waals surface area contributed by atoms with Gasteiger partial charge in [0.25, 0.3) is 0 Å². The molecule has 0 spiro atoms. The number of benzene rings is 1. The Labute approximate surface area is 148 Å². The first-order valence-corrected chi connectivity index (χ1v) is 7.90. The standard InChI is InChI=1S/C17H15N7O2/c1-22-11-19-16(24(25)26)17(22)20-14-7-9-23(21-14)10-13-5-2-4-12-6-3-8-18-15(12)13/h2-9,11H,10H2,1H3,(H,20,21). The minimum absolute atomic E-state index is 0.236. The topological polar surface area (TPSA) is 104 Å². The molecular formula is C17H15N7O2. The fraction of sp³-hybridized carbons (Fsp3) is 0.118. The zero-order chi connectivity index (χ0) is 18.1. The number of anilines is 2. The van der Waals surface area contributed by atoms with Gasteiger partial charge in [0.15, 0.2) is 5.82 Å². The van der Waals surface area contributed by atoms with Crippen LogP contribution in [0.25, 0.3) is 10.9 Å². The van der Waals surface area contributed by atoms with Crippen LogP contribution in [0.3, 0.4) is 0 Å². The molecule has 0 atom stereocenters. The normalized spacial score (nSPS) is 11.0. The van der Waals surface area contributed by atoms with E-state index in [2.05, 4.69) is 20.4 Å². The summed E-state index contributed by atoms with van der Waals surface area (Å²) in [4.78, 5) is 18.7. The predicted octanol–water partition coefficient (Wildman–Crippen LogP) is 2.86. The lowest BCUT2D eigenvalue weighted by Gasteiger charge is -2.06. The SMILES string of the molecule is Cn1cnc([N+](=O)[O-])c1Nc1ccn(Cc2cccc3cccnc23)n1. The van der Waals surface area contributed by atoms with E-state index in [1.54, 1.807) is 28.6 Å². The third-order valence-electron chi connectivity index (χ3n) is 4.03. The van der Waals surface area contributed by atoms with Crippen molar-refractivity contribution in [2.24, 2.45) is 7.05 Å². The molecule has 130 valence electrons. The number of hydrogen-bond donors (Lipinski definition) is 1. The average Bonchev–Trinajstić information content (AvgIpc) is 3.23. The average molecular weight is 349 g/mol. The number of fused-ring (bicyclic) bond motifs is 1. The maximum Gasteiger partial charge on any atom is 0.406 e. The number of nitrogens with one attached hydrogen (secondary N) is 1. The second-order valence-corrected chi connectivity index (χ2v) is 5.80. The number of para-hydroxylation sites is 1. The van der Waals surface area contributed by atoms with E-state index in [1.807, 2.05) is 36.5 Å². The summed E-state index contributed by atoms with van der Waals surface area (Å²) in [5.74, 6) is 0.553. The van der Waals surface area contributed by atoms with E-state index >= 15 is 0 Å². The molecule has 0 aliphatic rings. The Morgan fingerprint density at radius 3 is 2.88 bits per heavy atom. The van der Waals surface area contributed by atoms with Crippen LogP contribution in [0.4, 0.5) is 17.5 Å². The molecule has 4 rings (SSSR count). The van der Waals surface area contributed by atoms with Crippen molar-refractivity contribution in [2.75, 3.05) is 5.32 Å². The van der Waals surface area contributed by atoms with Crippen molar-refractivity contribution in [3.05, 3.63) is 70.8 Å². The van der Waals surface area contributed by atoms with Crippen molar-refractivity contribution in [1.29, 1.82) is 0 Å². The molecule has 3 aromatic heterocycles. The molecule has 26 heavy (non-hydrogen) atoms. The van der Waals surface area contributed by atoms with Gasteiger partial charge in [-0.1, -0.05) is 24.3 Å². The molecule has 0 unspecified atom stereocenters. The Morgan fingerprint density at radius 1 is 1.19 bits per heavy atom. The number of aryl methyl sites for hydroxylation is 1. The van der Waals surface area contributed by atoms with Crippen LogP contribution in [-0.2, 0) is 13.6 Å². The molecule has 9 heteroatoms. The maximum absolute atomic E-state index is 11.1. The molecule has 0 aliphatic carbocycles. The van der Waals surface area contributed by atoms with Gasteiger partial charge in [0.2, 0.25) is 12.1 Å². The van der Waals surface area contributed by atoms with E-state index in [9.17, 15) is 10.1 Å². The first kappa shape index (κ1) is 15.8. The maximum atomic E-state index is 11.1. The molecule has 9 nitrogen and oxygen atoms in total. The highest BCUT2D eigenvalue weighted by molar-refractivity contribution is 5.81. The van der Waals surface area contributed by atoms with Gasteiger partial charge >= 0.3 is 5.82 Å². The molecule has 4 aromatic rings. The van der Waals surface area contributed by atoms with Crippen LogP contribution < -0.4 is 5.32 Å². The van der Waals surface area contributed by atoms with Crippen molar-refractivity contribution in [3.8, 4) is 0 Å². The van der Waals surface area contributed by atoms with Crippen molar-refractivity contribution in [1.82, 2.24) is 24.3 Å². The number of nitro groups is 1. The summed E-state index contributed by atoms with van der Waals surface area (Å²) in [6, 6.07) is 11.7. The minimum Gasteiger partial charge on any atom is -0.358 e. The molecule has 1 N–H and O–H groups in total. The first-order chi connectivity index (χ1) is 12.6. The van der Waals surface area contributed by atoms with Crippen molar-refractivity contribution in [2.45, 2.75) is 6.54 Å². The molecule has 0 radical (unpaired) electrons. The quantitative estimate of drug-likeness (QED) is 0.439. The summed E-state index contributed by atoms with van der Waals surface area (Å²) in [5.41, 5.74) is 1.98. The Hall–Kier alpha value is -3.75. The summed E-state index contributed by atoms with van der Waals surface area (Å²) in [6.07, 6.45) is 4.97. The lowest BCUT2D eigenvalue weighted by molar-refractivity contribution is -0.388. The predicted molar refractivity (Wildman–Crippen MR) is 96.2 cm³/mol. The number of hydrogen-bond acceptors (Lipinski definition) is 6. The molecule has 0 aliphatic heterocycles. The lowest BCUT2D eigenvalue weighted by Crippen LogP contribution is -2.04. The number of nitrogens with zero attached hydrogens (tertiary/aromatic N) is 6. The van der Waals surface area contributed by atoms with Crippen molar-refractivity contribution >= 4 is 28.4 Å². The first-order valence-electron chi connectivity index (χ1n) is 7.90. The van der Waals surface area contributed by atoms with Crippen molar-refractivity contribution < 1.29 is 4.92 Å². The van der Waals surface area contributed by atoms with Gasteiger partial charge in [-0.15, -0.1) is 0 Å². The molecular weight excluding hydrogens is 334 g/mol. The van der Waals surface area contributed by atoms with Gasteiger partial charge in [-0.2, -0.15) is 5.10 Å². The zero-order valence-electron chi connectivity index (χ0n) is 13.9. The highest BCUT2D eigenvalue weighted by Crippen LogP contribution is 2.24. The highest BCUT2D eigenvalue weighted by Gasteiger charge is 2.20. The van der Waals surface area contributed by atoms with E-state index in [4.69, 9.17) is 0 Å². The Kier molecular flexibility index (Phi) is 3.81. The second kappa shape index (κ2) is 6.28. The molecule has 3 heterocycles. The third-order valence-corrected chi connectivity index (χ3v) is 4.03. The van der Waals surface area contributed by atoms with E-state index in [-0.39, 0.29) is 11.6 Å². The van der Waals surface area contributed by atoms with Gasteiger partial charge < -0.3 is 15.4 Å². The largest absolute Gasteiger partial charge is 0.406 e. The van der Waals surface area contributed by atoms with Gasteiger partial charge in [-0.25, -0.2) is 0 Å². The second-order valence-electron chi connectivity index (χ2n) is 5.80. The lowest BCUT2D eigenvalue weighted by atomic mass is 10.1. The van der Waals surface area contributed by atoms with Crippen LogP contribution in [0.2, 0.25) is 0 Å². The fourth-order valence-electron chi connectivity index (χ4n) is 2.80. The summed E-state index contributed by atoms with van der Waals surface area (Å²) >= 11 is 0. The Balaban J connectivity index is 1.59. The molecule has 0 saturated heterocycles. The monoisotopic (exact) mass is 349 g/mol. The summed E-state index contributed by atoms with van der Waals surface area (Å²) in [7, 11) is 1.68. The van der Waals surface area contributed by atoms with E-state index in [0.29, 0.717) is 12.4 Å². The van der Waals surface area contributed by atoms with Crippen molar-refractivity contribution in [3.63, 3.8) is 0 Å². The molecule has 0 fully saturated rings. The molecule has 0 amide bonds. The van der Waals surface area contributed by atoms with Crippen LogP contribution in [-0.4, -0.2) is 29.2 Å². The van der Waals surface area contributed by atoms with E-state index in [1.165, 1.54) is 6.33 Å². The fourth-order valence-corrected chi connectivity index (χ4v) is 2.80. The number of aromatic nitrogens is 5. The van der Waals surface area contributed by atoms with Crippen LogP contribution in [0.15, 0.2) is 55.1 Å². The van der Waals surface area contributed by atoms with E-state index < -0.39 is 4.92 Å². The van der Waals surface area contributed by atoms with Crippen LogP contribution in [0, 0.1) is 10.1 Å². The van der Waals surface area contributed by atoms with Gasteiger partial charge in [-0.3, -0.25) is 14.2 Å². The Bertz CT molecular complexity index is 1090. The van der Waals surface area contributed by atoms with Gasteiger partial charge in [-0.05, 0) is 21.5 Å². The minimum atomic E-state index is -0.527. The summed E-state index contributed by atoms with van der Waals surface area (Å²) in [6.45, 7) is 0.545. The highest BCUT2D eigenvalue weighted by atomic mass is 16.6. The molecule has 1 aromatic carbocycles. The van der Waals surface area contributed by atoms with Gasteiger partial charge in [0, 0.05) is 30.9 Å². The third kappa shape index (κ3) is 2.86. The molecule has 0 saturated carbocycles. The number of rotatable bonds is 5. The van der Waals surface area contributed by atoms with Gasteiger partial charge in [0.1, 0.15) is 0 Å². The molecule has 0 bridgehead atoms.